The SMILES string of the molecule is CCc1cn([C@@H]2O[C@H](CC)[C@H](OC(=O)c3ccccc3)C2OC(=O)c2ccccc2)c(=O)nc1-n1cncn1. The van der Waals surface area contributed by atoms with Crippen LogP contribution in [-0.4, -0.2) is 54.6 Å². The maximum atomic E-state index is 13.3. The molecule has 200 valence electrons. The lowest BCUT2D eigenvalue weighted by Gasteiger charge is -2.25. The lowest BCUT2D eigenvalue weighted by atomic mass is 10.1. The zero-order valence-corrected chi connectivity index (χ0v) is 21.4. The summed E-state index contributed by atoms with van der Waals surface area (Å²) in [4.78, 5) is 47.6. The molecule has 1 aliphatic heterocycles. The molecule has 3 heterocycles. The number of hydrogen-bond donors (Lipinski definition) is 0. The first-order chi connectivity index (χ1) is 19.0. The molecule has 0 spiro atoms. The van der Waals surface area contributed by atoms with Gasteiger partial charge in [0.25, 0.3) is 0 Å². The largest absolute Gasteiger partial charge is 0.452 e. The Balaban J connectivity index is 1.54. The predicted molar refractivity (Wildman–Crippen MR) is 138 cm³/mol. The molecule has 1 saturated heterocycles. The van der Waals surface area contributed by atoms with Gasteiger partial charge >= 0.3 is 17.6 Å². The molecule has 11 heteroatoms. The summed E-state index contributed by atoms with van der Waals surface area (Å²) >= 11 is 0. The number of rotatable bonds is 8. The van der Waals surface area contributed by atoms with Crippen LogP contribution in [0.15, 0.2) is 84.3 Å². The normalized spacial score (nSPS) is 20.5. The van der Waals surface area contributed by atoms with Gasteiger partial charge in [-0.25, -0.2) is 24.0 Å². The van der Waals surface area contributed by atoms with Crippen molar-refractivity contribution in [2.75, 3.05) is 0 Å². The van der Waals surface area contributed by atoms with Crippen LogP contribution in [0.1, 0.15) is 52.8 Å². The highest BCUT2D eigenvalue weighted by Gasteiger charge is 2.50. The monoisotopic (exact) mass is 529 g/mol. The summed E-state index contributed by atoms with van der Waals surface area (Å²) in [5.74, 6) is -0.890. The van der Waals surface area contributed by atoms with Crippen molar-refractivity contribution >= 4 is 11.9 Å². The zero-order valence-electron chi connectivity index (χ0n) is 21.4. The molecule has 0 N–H and O–H groups in total. The van der Waals surface area contributed by atoms with E-state index < -0.39 is 42.2 Å². The Bertz CT molecular complexity index is 1490. The van der Waals surface area contributed by atoms with E-state index in [0.717, 1.165) is 0 Å². The van der Waals surface area contributed by atoms with Gasteiger partial charge in [0.15, 0.2) is 24.3 Å². The maximum Gasteiger partial charge on any atom is 0.351 e. The number of aromatic nitrogens is 5. The van der Waals surface area contributed by atoms with E-state index in [1.54, 1.807) is 66.9 Å². The summed E-state index contributed by atoms with van der Waals surface area (Å²) in [6.45, 7) is 3.77. The van der Waals surface area contributed by atoms with E-state index >= 15 is 0 Å². The Labute approximate surface area is 224 Å². The molecule has 11 nitrogen and oxygen atoms in total. The second-order valence-corrected chi connectivity index (χ2v) is 8.92. The van der Waals surface area contributed by atoms with Gasteiger partial charge < -0.3 is 14.2 Å². The fourth-order valence-electron chi connectivity index (χ4n) is 4.51. The van der Waals surface area contributed by atoms with Crippen LogP contribution in [0.3, 0.4) is 0 Å². The summed E-state index contributed by atoms with van der Waals surface area (Å²) in [6.07, 6.45) is 1.51. The molecule has 0 radical (unpaired) electrons. The molecule has 39 heavy (non-hydrogen) atoms. The summed E-state index contributed by atoms with van der Waals surface area (Å²) in [7, 11) is 0. The lowest BCUT2D eigenvalue weighted by Crippen LogP contribution is -2.41. The molecular formula is C28H27N5O6. The molecule has 0 saturated carbocycles. The molecule has 2 aromatic carbocycles. The van der Waals surface area contributed by atoms with Gasteiger partial charge in [-0.1, -0.05) is 50.2 Å². The van der Waals surface area contributed by atoms with Crippen molar-refractivity contribution in [2.45, 2.75) is 51.2 Å². The molecule has 1 fully saturated rings. The minimum atomic E-state index is -1.13. The van der Waals surface area contributed by atoms with Crippen molar-refractivity contribution in [3.05, 3.63) is 107 Å². The second-order valence-electron chi connectivity index (χ2n) is 8.92. The number of hydrogen-bond acceptors (Lipinski definition) is 9. The molecule has 0 amide bonds. The zero-order chi connectivity index (χ0) is 27.4. The molecule has 2 aromatic heterocycles. The Hall–Kier alpha value is -4.64. The van der Waals surface area contributed by atoms with Crippen LogP contribution in [-0.2, 0) is 20.6 Å². The second kappa shape index (κ2) is 11.4. The number of aryl methyl sites for hydroxylation is 1. The number of ether oxygens (including phenoxy) is 3. The molecule has 5 rings (SSSR count). The fraction of sp³-hybridized carbons (Fsp3) is 0.286. The van der Waals surface area contributed by atoms with Gasteiger partial charge in [0.05, 0.1) is 11.1 Å². The van der Waals surface area contributed by atoms with Crippen molar-refractivity contribution in [3.8, 4) is 5.82 Å². The molecule has 0 aliphatic carbocycles. The van der Waals surface area contributed by atoms with Gasteiger partial charge in [-0.3, -0.25) is 4.57 Å². The molecule has 1 unspecified atom stereocenters. The van der Waals surface area contributed by atoms with Crippen LogP contribution in [0.5, 0.6) is 0 Å². The van der Waals surface area contributed by atoms with Crippen LogP contribution in [0.4, 0.5) is 0 Å². The average Bonchev–Trinajstić information content (AvgIpc) is 3.63. The van der Waals surface area contributed by atoms with Crippen LogP contribution < -0.4 is 5.69 Å². The first kappa shape index (κ1) is 26.0. The van der Waals surface area contributed by atoms with Gasteiger partial charge in [0, 0.05) is 11.8 Å². The summed E-state index contributed by atoms with van der Waals surface area (Å²) in [5.41, 5.74) is 0.696. The highest BCUT2D eigenvalue weighted by Crippen LogP contribution is 2.36. The Morgan fingerprint density at radius 3 is 2.08 bits per heavy atom. The Morgan fingerprint density at radius 1 is 0.923 bits per heavy atom. The minimum absolute atomic E-state index is 0.311. The number of benzene rings is 2. The van der Waals surface area contributed by atoms with E-state index in [1.807, 2.05) is 13.8 Å². The summed E-state index contributed by atoms with van der Waals surface area (Å²) < 4.78 is 20.7. The third-order valence-electron chi connectivity index (χ3n) is 6.49. The first-order valence-corrected chi connectivity index (χ1v) is 12.6. The molecule has 0 bridgehead atoms. The van der Waals surface area contributed by atoms with E-state index in [-0.39, 0.29) is 0 Å². The van der Waals surface area contributed by atoms with Gasteiger partial charge in [-0.2, -0.15) is 10.1 Å². The smallest absolute Gasteiger partial charge is 0.351 e. The number of carbonyl (C=O) groups is 2. The molecule has 4 atom stereocenters. The van der Waals surface area contributed by atoms with Gasteiger partial charge in [-0.05, 0) is 37.1 Å². The van der Waals surface area contributed by atoms with Crippen molar-refractivity contribution < 1.29 is 23.8 Å². The van der Waals surface area contributed by atoms with Gasteiger partial charge in [0.2, 0.25) is 0 Å². The van der Waals surface area contributed by atoms with Crippen molar-refractivity contribution in [1.29, 1.82) is 0 Å². The summed E-state index contributed by atoms with van der Waals surface area (Å²) in [5, 5.41) is 4.09. The van der Waals surface area contributed by atoms with Crippen LogP contribution in [0.2, 0.25) is 0 Å². The van der Waals surface area contributed by atoms with E-state index in [2.05, 4.69) is 15.1 Å². The quantitative estimate of drug-likeness (QED) is 0.316. The highest BCUT2D eigenvalue weighted by atomic mass is 16.6. The number of carbonyl (C=O) groups excluding carboxylic acids is 2. The summed E-state index contributed by atoms with van der Waals surface area (Å²) in [6, 6.07) is 16.9. The topological polar surface area (TPSA) is 127 Å². The van der Waals surface area contributed by atoms with Crippen LogP contribution in [0.25, 0.3) is 5.82 Å². The van der Waals surface area contributed by atoms with E-state index in [4.69, 9.17) is 14.2 Å². The molecule has 4 aromatic rings. The standard InChI is InChI=1S/C28H27N5O6/c1-3-18-15-32(28(36)31-24(18)33-17-29-16-30-33)25-23(39-27(35)20-13-9-6-10-14-20)22(21(4-2)37-25)38-26(34)19-11-7-5-8-12-19/h5-17,21-23,25H,3-4H2,1-2H3/t21-,22+,23?,25-/m1/s1. The van der Waals surface area contributed by atoms with E-state index in [0.29, 0.717) is 35.3 Å². The minimum Gasteiger partial charge on any atom is -0.452 e. The van der Waals surface area contributed by atoms with Crippen molar-refractivity contribution in [2.24, 2.45) is 0 Å². The Morgan fingerprint density at radius 2 is 1.54 bits per heavy atom. The van der Waals surface area contributed by atoms with Crippen molar-refractivity contribution in [1.82, 2.24) is 24.3 Å². The Kier molecular flexibility index (Phi) is 7.60. The fourth-order valence-corrected chi connectivity index (χ4v) is 4.51. The predicted octanol–water partition coefficient (Wildman–Crippen LogP) is 3.15. The maximum absolute atomic E-state index is 13.3. The van der Waals surface area contributed by atoms with E-state index in [1.165, 1.54) is 21.9 Å². The average molecular weight is 530 g/mol. The lowest BCUT2D eigenvalue weighted by molar-refractivity contribution is -0.0527. The molecular weight excluding hydrogens is 502 g/mol. The third-order valence-corrected chi connectivity index (χ3v) is 6.49. The third kappa shape index (κ3) is 5.34. The van der Waals surface area contributed by atoms with Crippen LogP contribution in [0, 0.1) is 0 Å². The van der Waals surface area contributed by atoms with E-state index in [9.17, 15) is 14.4 Å². The highest BCUT2D eigenvalue weighted by molar-refractivity contribution is 5.90. The van der Waals surface area contributed by atoms with Crippen molar-refractivity contribution in [3.63, 3.8) is 0 Å². The first-order valence-electron chi connectivity index (χ1n) is 12.6. The number of esters is 2. The van der Waals surface area contributed by atoms with Gasteiger partial charge in [-0.15, -0.1) is 0 Å². The number of nitrogens with zero attached hydrogens (tertiary/aromatic N) is 5. The van der Waals surface area contributed by atoms with Gasteiger partial charge in [0.1, 0.15) is 18.8 Å². The van der Waals surface area contributed by atoms with Crippen LogP contribution >= 0.6 is 0 Å². The molecule has 1 aliphatic rings.